The SMILES string of the molecule is c1ccc(-c2nnc(-c3ccccc3)n2-c2cccc3c2c2ccccc2n3-c2ccc3oc4ccc(-n5c6ccccc6c6c7oc8ccccc8c7ccc65)cc4c3c2)cc1. The van der Waals surface area contributed by atoms with Crippen molar-refractivity contribution in [2.24, 2.45) is 0 Å². The molecule has 0 aliphatic heterocycles. The van der Waals surface area contributed by atoms with E-state index in [9.17, 15) is 0 Å². The first-order chi connectivity index (χ1) is 31.3. The Hall–Kier alpha value is -8.68. The van der Waals surface area contributed by atoms with Crippen molar-refractivity contribution in [2.75, 3.05) is 0 Å². The van der Waals surface area contributed by atoms with Crippen molar-refractivity contribution < 1.29 is 8.83 Å². The maximum Gasteiger partial charge on any atom is 0.168 e. The van der Waals surface area contributed by atoms with E-state index in [2.05, 4.69) is 165 Å². The van der Waals surface area contributed by atoms with Crippen LogP contribution in [0, 0.1) is 0 Å². The lowest BCUT2D eigenvalue weighted by molar-refractivity contribution is 0.668. The van der Waals surface area contributed by atoms with E-state index >= 15 is 0 Å². The second-order valence-corrected chi connectivity index (χ2v) is 16.2. The molecular formula is C56H33N5O2. The van der Waals surface area contributed by atoms with Gasteiger partial charge in [0.1, 0.15) is 22.3 Å². The summed E-state index contributed by atoms with van der Waals surface area (Å²) >= 11 is 0. The second kappa shape index (κ2) is 12.9. The predicted molar refractivity (Wildman–Crippen MR) is 255 cm³/mol. The Morgan fingerprint density at radius 3 is 1.46 bits per heavy atom. The molecule has 0 aliphatic rings. The fraction of sp³-hybridized carbons (Fsp3) is 0. The first-order valence-corrected chi connectivity index (χ1v) is 21.2. The van der Waals surface area contributed by atoms with Crippen molar-refractivity contribution in [3.63, 3.8) is 0 Å². The van der Waals surface area contributed by atoms with Gasteiger partial charge in [-0.2, -0.15) is 0 Å². The number of fused-ring (bicyclic) bond motifs is 13. The van der Waals surface area contributed by atoms with Crippen LogP contribution in [0.15, 0.2) is 209 Å². The van der Waals surface area contributed by atoms with Crippen LogP contribution in [-0.4, -0.2) is 23.9 Å². The zero-order valence-electron chi connectivity index (χ0n) is 33.6. The minimum Gasteiger partial charge on any atom is -0.456 e. The molecule has 0 spiro atoms. The number of benzene rings is 9. The van der Waals surface area contributed by atoms with E-state index in [-0.39, 0.29) is 0 Å². The summed E-state index contributed by atoms with van der Waals surface area (Å²) in [6, 6.07) is 70.2. The third-order valence-electron chi connectivity index (χ3n) is 12.8. The number of furan rings is 2. The van der Waals surface area contributed by atoms with Gasteiger partial charge in [0.15, 0.2) is 11.6 Å². The van der Waals surface area contributed by atoms with Crippen molar-refractivity contribution in [3.05, 3.63) is 200 Å². The van der Waals surface area contributed by atoms with E-state index in [1.807, 2.05) is 48.5 Å². The van der Waals surface area contributed by atoms with Gasteiger partial charge in [-0.25, -0.2) is 0 Å². The Balaban J connectivity index is 0.985. The third kappa shape index (κ3) is 4.84. The highest BCUT2D eigenvalue weighted by Crippen LogP contribution is 2.43. The van der Waals surface area contributed by atoms with Crippen LogP contribution in [0.3, 0.4) is 0 Å². The summed E-state index contributed by atoms with van der Waals surface area (Å²) in [6.07, 6.45) is 0. The number of nitrogens with zero attached hydrogens (tertiary/aromatic N) is 5. The monoisotopic (exact) mass is 807 g/mol. The highest BCUT2D eigenvalue weighted by molar-refractivity contribution is 6.24. The molecular weight excluding hydrogens is 775 g/mol. The van der Waals surface area contributed by atoms with Crippen LogP contribution in [0.25, 0.3) is 127 Å². The Labute approximate surface area is 358 Å². The average Bonchev–Trinajstić information content (AvgIpc) is 4.17. The molecule has 0 fully saturated rings. The van der Waals surface area contributed by atoms with Gasteiger partial charge >= 0.3 is 0 Å². The quantitative estimate of drug-likeness (QED) is 0.174. The fourth-order valence-electron chi connectivity index (χ4n) is 10.1. The smallest absolute Gasteiger partial charge is 0.168 e. The second-order valence-electron chi connectivity index (χ2n) is 16.2. The molecule has 9 aromatic carbocycles. The van der Waals surface area contributed by atoms with Crippen molar-refractivity contribution >= 4 is 87.5 Å². The summed E-state index contributed by atoms with van der Waals surface area (Å²) in [4.78, 5) is 0. The molecule has 0 saturated carbocycles. The lowest BCUT2D eigenvalue weighted by Crippen LogP contribution is -2.01. The molecule has 0 aliphatic carbocycles. The van der Waals surface area contributed by atoms with E-state index in [1.165, 1.54) is 0 Å². The Morgan fingerprint density at radius 2 is 0.825 bits per heavy atom. The van der Waals surface area contributed by atoms with Gasteiger partial charge in [-0.15, -0.1) is 10.2 Å². The van der Waals surface area contributed by atoms with Gasteiger partial charge in [0, 0.05) is 60.2 Å². The molecule has 0 N–H and O–H groups in total. The van der Waals surface area contributed by atoms with Crippen LogP contribution in [0.4, 0.5) is 0 Å². The van der Waals surface area contributed by atoms with E-state index in [4.69, 9.17) is 19.0 Å². The van der Waals surface area contributed by atoms with Gasteiger partial charge in [0.2, 0.25) is 0 Å². The molecule has 0 radical (unpaired) electrons. The lowest BCUT2D eigenvalue weighted by Gasteiger charge is -2.13. The Bertz CT molecular complexity index is 4090. The maximum atomic E-state index is 6.59. The maximum absolute atomic E-state index is 6.59. The van der Waals surface area contributed by atoms with E-state index in [0.717, 1.165) is 127 Å². The van der Waals surface area contributed by atoms with Gasteiger partial charge < -0.3 is 18.0 Å². The molecule has 0 atom stereocenters. The Morgan fingerprint density at radius 1 is 0.317 bits per heavy atom. The number of hydrogen-bond donors (Lipinski definition) is 0. The largest absolute Gasteiger partial charge is 0.456 e. The number of hydrogen-bond acceptors (Lipinski definition) is 4. The average molecular weight is 808 g/mol. The zero-order chi connectivity index (χ0) is 41.2. The highest BCUT2D eigenvalue weighted by atomic mass is 16.3. The molecule has 0 bridgehead atoms. The van der Waals surface area contributed by atoms with Crippen molar-refractivity contribution in [1.82, 2.24) is 23.9 Å². The van der Waals surface area contributed by atoms with Crippen molar-refractivity contribution in [2.45, 2.75) is 0 Å². The molecule has 0 saturated heterocycles. The molecule has 14 aromatic rings. The molecule has 294 valence electrons. The number of aromatic nitrogens is 5. The van der Waals surface area contributed by atoms with Crippen molar-refractivity contribution in [3.8, 4) is 39.8 Å². The summed E-state index contributed by atoms with van der Waals surface area (Å²) in [5.41, 5.74) is 13.0. The molecule has 0 amide bonds. The molecule has 0 unspecified atom stereocenters. The third-order valence-corrected chi connectivity index (χ3v) is 12.8. The minimum absolute atomic E-state index is 0.783. The summed E-state index contributed by atoms with van der Waals surface area (Å²) in [6.45, 7) is 0. The normalized spacial score (nSPS) is 12.1. The van der Waals surface area contributed by atoms with Gasteiger partial charge in [-0.3, -0.25) is 4.57 Å². The summed E-state index contributed by atoms with van der Waals surface area (Å²) in [5.74, 6) is 1.57. The van der Waals surface area contributed by atoms with E-state index in [0.29, 0.717) is 0 Å². The van der Waals surface area contributed by atoms with E-state index < -0.39 is 0 Å². The number of para-hydroxylation sites is 3. The predicted octanol–water partition coefficient (Wildman–Crippen LogP) is 14.6. The number of rotatable bonds is 5. The standard InChI is InChI=1S/C56H33N5O2/c1-3-14-34(15-4-1)55-57-58-56(35-16-5-2-6-17-35)61(55)47-24-13-23-46-52(47)40-19-7-10-21-44(40)59(46)36-26-30-50-42(32-36)43-33-37(27-31-51(43)62-50)60-45-22-11-8-20-41(45)53-48(60)29-28-39-38-18-9-12-25-49(38)63-54(39)53/h1-33H. The van der Waals surface area contributed by atoms with Crippen LogP contribution in [0.2, 0.25) is 0 Å². The molecule has 63 heavy (non-hydrogen) atoms. The molecule has 14 rings (SSSR count). The first-order valence-electron chi connectivity index (χ1n) is 21.2. The zero-order valence-corrected chi connectivity index (χ0v) is 33.6. The summed E-state index contributed by atoms with van der Waals surface area (Å²) in [7, 11) is 0. The first kappa shape index (κ1) is 34.1. The minimum atomic E-state index is 0.783. The van der Waals surface area contributed by atoms with Gasteiger partial charge in [-0.05, 0) is 78.9 Å². The van der Waals surface area contributed by atoms with Crippen LogP contribution in [0.5, 0.6) is 0 Å². The summed E-state index contributed by atoms with van der Waals surface area (Å²) < 4.78 is 20.1. The van der Waals surface area contributed by atoms with Crippen LogP contribution in [-0.2, 0) is 0 Å². The molecule has 5 aromatic heterocycles. The van der Waals surface area contributed by atoms with Crippen LogP contribution < -0.4 is 0 Å². The van der Waals surface area contributed by atoms with Crippen LogP contribution in [0.1, 0.15) is 0 Å². The topological polar surface area (TPSA) is 66.8 Å². The van der Waals surface area contributed by atoms with Crippen molar-refractivity contribution in [1.29, 1.82) is 0 Å². The molecule has 7 heteroatoms. The van der Waals surface area contributed by atoms with Gasteiger partial charge in [0.25, 0.3) is 0 Å². The lowest BCUT2D eigenvalue weighted by atomic mass is 10.1. The molecule has 7 nitrogen and oxygen atoms in total. The summed E-state index contributed by atoms with van der Waals surface area (Å²) in [5, 5.41) is 18.5. The van der Waals surface area contributed by atoms with Gasteiger partial charge in [-0.1, -0.05) is 121 Å². The highest BCUT2D eigenvalue weighted by Gasteiger charge is 2.24. The van der Waals surface area contributed by atoms with E-state index in [1.54, 1.807) is 0 Å². The fourth-order valence-corrected chi connectivity index (χ4v) is 10.1. The van der Waals surface area contributed by atoms with Gasteiger partial charge in [0.05, 0.1) is 33.1 Å². The Kier molecular flexibility index (Phi) is 6.98. The van der Waals surface area contributed by atoms with Crippen LogP contribution >= 0.6 is 0 Å². The molecule has 5 heterocycles.